The van der Waals surface area contributed by atoms with Crippen LogP contribution in [0.5, 0.6) is 0 Å². The molecule has 5 nitrogen and oxygen atoms in total. The average molecular weight is 452 g/mol. The number of nitrogens with zero attached hydrogens (tertiary/aromatic N) is 1. The highest BCUT2D eigenvalue weighted by molar-refractivity contribution is 8.03. The number of rotatable bonds is 6. The Morgan fingerprint density at radius 3 is 2.52 bits per heavy atom. The molecule has 31 heavy (non-hydrogen) atoms. The second-order valence-electron chi connectivity index (χ2n) is 7.27. The number of ketones is 1. The van der Waals surface area contributed by atoms with Crippen molar-refractivity contribution in [2.24, 2.45) is 0 Å². The van der Waals surface area contributed by atoms with Crippen LogP contribution in [0.4, 0.5) is 5.69 Å². The van der Waals surface area contributed by atoms with Gasteiger partial charge in [0.2, 0.25) is 5.91 Å². The number of anilines is 1. The van der Waals surface area contributed by atoms with Crippen LogP contribution in [0.3, 0.4) is 0 Å². The van der Waals surface area contributed by atoms with E-state index in [-0.39, 0.29) is 17.4 Å². The van der Waals surface area contributed by atoms with Gasteiger partial charge in [-0.05, 0) is 56.2 Å². The minimum atomic E-state index is -0.511. The normalized spacial score (nSPS) is 15.9. The fraction of sp³-hybridized carbons (Fsp3) is 0.208. The molecule has 0 aliphatic carbocycles. The predicted molar refractivity (Wildman–Crippen MR) is 126 cm³/mol. The van der Waals surface area contributed by atoms with E-state index < -0.39 is 5.92 Å². The van der Waals surface area contributed by atoms with Gasteiger partial charge in [0, 0.05) is 22.0 Å². The van der Waals surface area contributed by atoms with E-state index in [0.717, 1.165) is 16.8 Å². The molecule has 2 aromatic rings. The van der Waals surface area contributed by atoms with E-state index in [1.54, 1.807) is 19.1 Å². The number of aryl methyl sites for hydroxylation is 1. The fourth-order valence-electron chi connectivity index (χ4n) is 3.54. The summed E-state index contributed by atoms with van der Waals surface area (Å²) in [5, 5.41) is 17.1. The first-order valence-electron chi connectivity index (χ1n) is 9.68. The van der Waals surface area contributed by atoms with E-state index in [0.29, 0.717) is 26.9 Å². The molecule has 1 aliphatic rings. The number of allylic oxidation sites excluding steroid dienone is 3. The van der Waals surface area contributed by atoms with Crippen LogP contribution in [-0.4, -0.2) is 17.4 Å². The maximum Gasteiger partial charge on any atom is 0.234 e. The molecule has 3 rings (SSSR count). The first-order valence-corrected chi connectivity index (χ1v) is 11.0. The summed E-state index contributed by atoms with van der Waals surface area (Å²) in [7, 11) is 0. The Kier molecular flexibility index (Phi) is 7.21. The lowest BCUT2D eigenvalue weighted by molar-refractivity contribution is -0.114. The number of Topliss-reactive ketones (excluding diaryl/α,β-unsaturated/α-hetero) is 1. The van der Waals surface area contributed by atoms with Crippen LogP contribution in [-0.2, 0) is 9.59 Å². The summed E-state index contributed by atoms with van der Waals surface area (Å²) < 4.78 is 0. The highest BCUT2D eigenvalue weighted by Crippen LogP contribution is 2.41. The monoisotopic (exact) mass is 451 g/mol. The van der Waals surface area contributed by atoms with Crippen molar-refractivity contribution in [3.63, 3.8) is 0 Å². The SMILES string of the molecule is CC(=O)C1=C(C)NC(SCC(=O)Nc2cccc(C)c2)=C(C#N)C1c1ccc(Cl)cc1. The predicted octanol–water partition coefficient (Wildman–Crippen LogP) is 5.31. The maximum absolute atomic E-state index is 12.5. The molecule has 1 aliphatic heterocycles. The third-order valence-corrected chi connectivity index (χ3v) is 6.15. The Balaban J connectivity index is 1.87. The van der Waals surface area contributed by atoms with Crippen molar-refractivity contribution in [2.45, 2.75) is 26.7 Å². The number of nitrogens with one attached hydrogen (secondary N) is 2. The van der Waals surface area contributed by atoms with E-state index in [1.165, 1.54) is 18.7 Å². The molecule has 0 saturated heterocycles. The van der Waals surface area contributed by atoms with Crippen molar-refractivity contribution in [2.75, 3.05) is 11.1 Å². The van der Waals surface area contributed by atoms with Crippen LogP contribution in [0, 0.1) is 18.3 Å². The number of carbonyl (C=O) groups is 2. The molecule has 1 heterocycles. The van der Waals surface area contributed by atoms with Crippen LogP contribution in [0.25, 0.3) is 0 Å². The third kappa shape index (κ3) is 5.38. The second-order valence-corrected chi connectivity index (χ2v) is 8.69. The lowest BCUT2D eigenvalue weighted by Gasteiger charge is -2.29. The van der Waals surface area contributed by atoms with Crippen LogP contribution in [0.2, 0.25) is 5.02 Å². The quantitative estimate of drug-likeness (QED) is 0.622. The molecule has 0 fully saturated rings. The van der Waals surface area contributed by atoms with Gasteiger partial charge in [-0.2, -0.15) is 5.26 Å². The summed E-state index contributed by atoms with van der Waals surface area (Å²) in [5.74, 6) is -0.677. The summed E-state index contributed by atoms with van der Waals surface area (Å²) in [5.41, 5.74) is 4.20. The topological polar surface area (TPSA) is 82.0 Å². The fourth-order valence-corrected chi connectivity index (χ4v) is 4.56. The van der Waals surface area contributed by atoms with Crippen molar-refractivity contribution in [3.8, 4) is 6.07 Å². The summed E-state index contributed by atoms with van der Waals surface area (Å²) in [6.07, 6.45) is 0. The number of benzene rings is 2. The molecule has 158 valence electrons. The third-order valence-electron chi connectivity index (χ3n) is 4.88. The van der Waals surface area contributed by atoms with Gasteiger partial charge < -0.3 is 10.6 Å². The first-order chi connectivity index (χ1) is 14.8. The molecule has 0 spiro atoms. The molecule has 1 atom stereocenters. The summed E-state index contributed by atoms with van der Waals surface area (Å²) in [6, 6.07) is 16.9. The van der Waals surface area contributed by atoms with Crippen LogP contribution in [0.15, 0.2) is 70.4 Å². The van der Waals surface area contributed by atoms with Gasteiger partial charge in [-0.1, -0.05) is 47.6 Å². The van der Waals surface area contributed by atoms with Crippen molar-refractivity contribution >= 4 is 40.7 Å². The van der Waals surface area contributed by atoms with E-state index in [9.17, 15) is 14.9 Å². The number of thioether (sulfide) groups is 1. The highest BCUT2D eigenvalue weighted by Gasteiger charge is 2.33. The van der Waals surface area contributed by atoms with Gasteiger partial charge in [-0.3, -0.25) is 9.59 Å². The number of halogens is 1. The van der Waals surface area contributed by atoms with Gasteiger partial charge in [-0.25, -0.2) is 0 Å². The molecule has 1 amide bonds. The Hall–Kier alpha value is -3.01. The Labute approximate surface area is 191 Å². The number of carbonyl (C=O) groups excluding carboxylic acids is 2. The van der Waals surface area contributed by atoms with E-state index in [1.807, 2.05) is 43.3 Å². The minimum Gasteiger partial charge on any atom is -0.353 e. The molecule has 2 aromatic carbocycles. The highest BCUT2D eigenvalue weighted by atomic mass is 35.5. The Bertz CT molecular complexity index is 1130. The second kappa shape index (κ2) is 9.86. The van der Waals surface area contributed by atoms with Gasteiger partial charge >= 0.3 is 0 Å². The van der Waals surface area contributed by atoms with E-state index in [4.69, 9.17) is 11.6 Å². The summed E-state index contributed by atoms with van der Waals surface area (Å²) in [4.78, 5) is 24.9. The molecular weight excluding hydrogens is 430 g/mol. The molecule has 0 aromatic heterocycles. The zero-order chi connectivity index (χ0) is 22.5. The van der Waals surface area contributed by atoms with Gasteiger partial charge in [0.05, 0.1) is 28.3 Å². The molecule has 0 radical (unpaired) electrons. The standard InChI is InChI=1S/C24H22ClN3O2S/c1-14-5-4-6-19(11-14)28-21(30)13-31-24-20(12-26)23(17-7-9-18(25)10-8-17)22(16(3)29)15(2)27-24/h4-11,23,27H,13H2,1-3H3,(H,28,30). The van der Waals surface area contributed by atoms with E-state index >= 15 is 0 Å². The molecule has 1 unspecified atom stereocenters. The Morgan fingerprint density at radius 1 is 1.19 bits per heavy atom. The Morgan fingerprint density at radius 2 is 1.90 bits per heavy atom. The lowest BCUT2D eigenvalue weighted by Crippen LogP contribution is -2.27. The van der Waals surface area contributed by atoms with Crippen LogP contribution < -0.4 is 10.6 Å². The largest absolute Gasteiger partial charge is 0.353 e. The van der Waals surface area contributed by atoms with Crippen molar-refractivity contribution < 1.29 is 9.59 Å². The average Bonchev–Trinajstić information content (AvgIpc) is 2.72. The molecular formula is C24H22ClN3O2S. The zero-order valence-corrected chi connectivity index (χ0v) is 19.0. The smallest absolute Gasteiger partial charge is 0.234 e. The maximum atomic E-state index is 12.5. The zero-order valence-electron chi connectivity index (χ0n) is 17.5. The summed E-state index contributed by atoms with van der Waals surface area (Å²) >= 11 is 7.26. The van der Waals surface area contributed by atoms with Crippen molar-refractivity contribution in [3.05, 3.63) is 86.6 Å². The van der Waals surface area contributed by atoms with Crippen molar-refractivity contribution in [1.29, 1.82) is 5.26 Å². The van der Waals surface area contributed by atoms with Crippen LogP contribution >= 0.6 is 23.4 Å². The lowest BCUT2D eigenvalue weighted by atomic mass is 9.81. The molecule has 0 saturated carbocycles. The van der Waals surface area contributed by atoms with Gasteiger partial charge in [0.25, 0.3) is 0 Å². The first kappa shape index (κ1) is 22.7. The van der Waals surface area contributed by atoms with Crippen molar-refractivity contribution in [1.82, 2.24) is 5.32 Å². The van der Waals surface area contributed by atoms with Gasteiger partial charge in [-0.15, -0.1) is 0 Å². The summed E-state index contributed by atoms with van der Waals surface area (Å²) in [6.45, 7) is 5.26. The van der Waals surface area contributed by atoms with Gasteiger partial charge in [0.15, 0.2) is 5.78 Å². The molecule has 0 bridgehead atoms. The number of hydrogen-bond donors (Lipinski definition) is 2. The van der Waals surface area contributed by atoms with Gasteiger partial charge in [0.1, 0.15) is 0 Å². The number of amides is 1. The number of hydrogen-bond acceptors (Lipinski definition) is 5. The minimum absolute atomic E-state index is 0.112. The number of dihydropyridines is 1. The van der Waals surface area contributed by atoms with E-state index in [2.05, 4.69) is 16.7 Å². The van der Waals surface area contributed by atoms with Crippen LogP contribution in [0.1, 0.15) is 30.9 Å². The molecule has 7 heteroatoms. The molecule has 2 N–H and O–H groups in total. The number of nitriles is 1.